The zero-order chi connectivity index (χ0) is 12.1. The number of benzene rings is 1. The first-order valence-corrected chi connectivity index (χ1v) is 5.22. The fourth-order valence-electron chi connectivity index (χ4n) is 1.51. The number of halogens is 2. The van der Waals surface area contributed by atoms with E-state index >= 15 is 0 Å². The third kappa shape index (κ3) is 3.15. The zero-order valence-electron chi connectivity index (χ0n) is 9.24. The average molecular weight is 248 g/mol. The molecule has 0 aliphatic rings. The minimum absolute atomic E-state index is 0.262. The Kier molecular flexibility index (Phi) is 5.15. The van der Waals surface area contributed by atoms with E-state index < -0.39 is 12.3 Å². The van der Waals surface area contributed by atoms with E-state index in [4.69, 9.17) is 26.8 Å². The molecule has 0 aliphatic heterocycles. The minimum atomic E-state index is -0.573. The van der Waals surface area contributed by atoms with E-state index in [1.807, 2.05) is 0 Å². The molecule has 16 heavy (non-hydrogen) atoms. The van der Waals surface area contributed by atoms with Crippen LogP contribution in [0.15, 0.2) is 18.2 Å². The van der Waals surface area contributed by atoms with Crippen LogP contribution in [0.4, 0.5) is 4.39 Å². The molecule has 2 N–H and O–H groups in total. The van der Waals surface area contributed by atoms with Crippen molar-refractivity contribution in [2.24, 2.45) is 5.73 Å². The molecule has 5 heteroatoms. The number of hydrogen-bond donors (Lipinski definition) is 1. The van der Waals surface area contributed by atoms with E-state index in [1.54, 1.807) is 12.1 Å². The summed E-state index contributed by atoms with van der Waals surface area (Å²) in [5.74, 6) is -0.367. The van der Waals surface area contributed by atoms with E-state index in [-0.39, 0.29) is 12.2 Å². The van der Waals surface area contributed by atoms with Gasteiger partial charge in [0, 0.05) is 24.8 Å². The van der Waals surface area contributed by atoms with E-state index in [1.165, 1.54) is 20.3 Å². The molecular formula is C11H15ClFNO2. The number of nitrogens with two attached hydrogens (primary N) is 1. The zero-order valence-corrected chi connectivity index (χ0v) is 10.00. The molecular weight excluding hydrogens is 233 g/mol. The molecule has 0 saturated heterocycles. The minimum Gasteiger partial charge on any atom is -0.354 e. The predicted molar refractivity (Wildman–Crippen MR) is 60.9 cm³/mol. The smallest absolute Gasteiger partial charge is 0.172 e. The summed E-state index contributed by atoms with van der Waals surface area (Å²) in [4.78, 5) is 0. The Balaban J connectivity index is 2.80. The molecule has 1 aromatic carbocycles. The molecule has 3 nitrogen and oxygen atoms in total. The van der Waals surface area contributed by atoms with Gasteiger partial charge in [0.15, 0.2) is 6.29 Å². The summed E-state index contributed by atoms with van der Waals surface area (Å²) in [5, 5.41) is 0.362. The van der Waals surface area contributed by atoms with E-state index in [2.05, 4.69) is 0 Å². The van der Waals surface area contributed by atoms with Gasteiger partial charge in [0.25, 0.3) is 0 Å². The van der Waals surface area contributed by atoms with Crippen LogP contribution in [0.5, 0.6) is 0 Å². The van der Waals surface area contributed by atoms with Crippen LogP contribution < -0.4 is 5.73 Å². The number of rotatable bonds is 5. The van der Waals surface area contributed by atoms with Crippen LogP contribution in [0.3, 0.4) is 0 Å². The summed E-state index contributed by atoms with van der Waals surface area (Å²) in [6.07, 6.45) is -0.312. The van der Waals surface area contributed by atoms with Crippen molar-refractivity contribution in [2.45, 2.75) is 18.8 Å². The molecule has 0 spiro atoms. The molecule has 90 valence electrons. The van der Waals surface area contributed by atoms with Crippen LogP contribution in [-0.2, 0) is 15.9 Å². The molecule has 0 bridgehead atoms. The Hall–Kier alpha value is -0.680. The molecule has 0 radical (unpaired) electrons. The maximum absolute atomic E-state index is 13.5. The summed E-state index contributed by atoms with van der Waals surface area (Å²) < 4.78 is 23.5. The highest BCUT2D eigenvalue weighted by molar-refractivity contribution is 6.31. The van der Waals surface area contributed by atoms with Crippen molar-refractivity contribution >= 4 is 11.6 Å². The van der Waals surface area contributed by atoms with Crippen LogP contribution in [-0.4, -0.2) is 26.6 Å². The second kappa shape index (κ2) is 6.15. The van der Waals surface area contributed by atoms with Crippen LogP contribution in [0.1, 0.15) is 5.56 Å². The molecule has 1 unspecified atom stereocenters. The van der Waals surface area contributed by atoms with Crippen LogP contribution in [0.25, 0.3) is 0 Å². The molecule has 0 fully saturated rings. The largest absolute Gasteiger partial charge is 0.354 e. The third-order valence-electron chi connectivity index (χ3n) is 2.32. The van der Waals surface area contributed by atoms with E-state index in [0.717, 1.165) is 0 Å². The van der Waals surface area contributed by atoms with Gasteiger partial charge in [-0.1, -0.05) is 17.7 Å². The van der Waals surface area contributed by atoms with Crippen molar-refractivity contribution in [3.63, 3.8) is 0 Å². The van der Waals surface area contributed by atoms with Crippen molar-refractivity contribution < 1.29 is 13.9 Å². The summed E-state index contributed by atoms with van der Waals surface area (Å²) in [6.45, 7) is 0. The van der Waals surface area contributed by atoms with Gasteiger partial charge in [-0.2, -0.15) is 0 Å². The first-order valence-electron chi connectivity index (χ1n) is 4.84. The van der Waals surface area contributed by atoms with Gasteiger partial charge < -0.3 is 15.2 Å². The van der Waals surface area contributed by atoms with E-state index in [0.29, 0.717) is 10.6 Å². The van der Waals surface area contributed by atoms with Crippen LogP contribution in [0.2, 0.25) is 5.02 Å². The molecule has 1 rings (SSSR count). The summed E-state index contributed by atoms with van der Waals surface area (Å²) >= 11 is 5.89. The highest BCUT2D eigenvalue weighted by Gasteiger charge is 2.19. The highest BCUT2D eigenvalue weighted by Crippen LogP contribution is 2.21. The number of methoxy groups -OCH3 is 2. The normalized spacial score (nSPS) is 13.1. The third-order valence-corrected chi connectivity index (χ3v) is 2.67. The molecule has 1 atom stereocenters. The Morgan fingerprint density at radius 1 is 1.38 bits per heavy atom. The average Bonchev–Trinajstić information content (AvgIpc) is 2.25. The maximum atomic E-state index is 13.5. The lowest BCUT2D eigenvalue weighted by Crippen LogP contribution is -2.39. The molecule has 0 saturated carbocycles. The maximum Gasteiger partial charge on any atom is 0.172 e. The SMILES string of the molecule is COC(OC)C(N)Cc1c(F)cccc1Cl. The standard InChI is InChI=1S/C11H15ClFNO2/c1-15-11(16-2)10(14)6-7-8(12)4-3-5-9(7)13/h3-5,10-11H,6,14H2,1-2H3. The molecule has 0 aliphatic carbocycles. The van der Waals surface area contributed by atoms with Crippen molar-refractivity contribution in [3.05, 3.63) is 34.6 Å². The Morgan fingerprint density at radius 2 is 2.00 bits per heavy atom. The Labute approximate surface area is 99.3 Å². The monoisotopic (exact) mass is 247 g/mol. The predicted octanol–water partition coefficient (Wildman–Crippen LogP) is 1.97. The van der Waals surface area contributed by atoms with Gasteiger partial charge in [0.05, 0.1) is 6.04 Å². The summed E-state index contributed by atoms with van der Waals surface area (Å²) in [6, 6.07) is 4.06. The first kappa shape index (κ1) is 13.4. The van der Waals surface area contributed by atoms with Gasteiger partial charge in [-0.3, -0.25) is 0 Å². The lowest BCUT2D eigenvalue weighted by atomic mass is 10.1. The second-order valence-electron chi connectivity index (χ2n) is 3.41. The molecule has 0 aromatic heterocycles. The molecule has 0 amide bonds. The van der Waals surface area contributed by atoms with Gasteiger partial charge in [0.1, 0.15) is 5.82 Å². The van der Waals surface area contributed by atoms with Gasteiger partial charge >= 0.3 is 0 Å². The fourth-order valence-corrected chi connectivity index (χ4v) is 1.75. The number of hydrogen-bond acceptors (Lipinski definition) is 3. The van der Waals surface area contributed by atoms with E-state index in [9.17, 15) is 4.39 Å². The van der Waals surface area contributed by atoms with Gasteiger partial charge in [-0.05, 0) is 18.6 Å². The fraction of sp³-hybridized carbons (Fsp3) is 0.455. The van der Waals surface area contributed by atoms with Gasteiger partial charge in [-0.25, -0.2) is 4.39 Å². The quantitative estimate of drug-likeness (QED) is 0.809. The van der Waals surface area contributed by atoms with Crippen molar-refractivity contribution in [2.75, 3.05) is 14.2 Å². The highest BCUT2D eigenvalue weighted by atomic mass is 35.5. The first-order chi connectivity index (χ1) is 7.60. The van der Waals surface area contributed by atoms with Crippen molar-refractivity contribution in [1.82, 2.24) is 0 Å². The lowest BCUT2D eigenvalue weighted by molar-refractivity contribution is -0.116. The number of ether oxygens (including phenoxy) is 2. The summed E-state index contributed by atoms with van der Waals surface area (Å²) in [7, 11) is 2.97. The molecule has 0 heterocycles. The van der Waals surface area contributed by atoms with Crippen molar-refractivity contribution in [1.29, 1.82) is 0 Å². The molecule has 1 aromatic rings. The Morgan fingerprint density at radius 3 is 2.50 bits per heavy atom. The van der Waals surface area contributed by atoms with Gasteiger partial charge in [-0.15, -0.1) is 0 Å². The Bertz CT molecular complexity index is 325. The summed E-state index contributed by atoms with van der Waals surface area (Å²) in [5.41, 5.74) is 6.22. The van der Waals surface area contributed by atoms with Crippen LogP contribution in [0, 0.1) is 5.82 Å². The van der Waals surface area contributed by atoms with Gasteiger partial charge in [0.2, 0.25) is 0 Å². The second-order valence-corrected chi connectivity index (χ2v) is 3.82. The topological polar surface area (TPSA) is 44.5 Å². The van der Waals surface area contributed by atoms with Crippen molar-refractivity contribution in [3.8, 4) is 0 Å². The lowest BCUT2D eigenvalue weighted by Gasteiger charge is -2.21. The van der Waals surface area contributed by atoms with Crippen LogP contribution >= 0.6 is 11.6 Å².